The zero-order valence-electron chi connectivity index (χ0n) is 21.6. The topological polar surface area (TPSA) is 79.3 Å². The number of ketones is 1. The maximum absolute atomic E-state index is 13.2. The quantitative estimate of drug-likeness (QED) is 0.335. The maximum Gasteiger partial charge on any atom is 0.257 e. The van der Waals surface area contributed by atoms with Gasteiger partial charge in [-0.3, -0.25) is 14.9 Å². The van der Waals surface area contributed by atoms with Crippen molar-refractivity contribution in [2.75, 3.05) is 5.32 Å². The standard InChI is InChI=1S/C29H34N2O3S2/c1-17-14-18(2)24(15-23(17)26(33)19-8-12-22(32)13-9-19)35-25-16-30-28(36-25)31-27(34)20-6-10-21(11-7-20)29(3,4)5/h6-7,10-11,14-16,19,22,32H,8-9,12-13H2,1-5H3,(H,30,31,34). The van der Waals surface area contributed by atoms with Crippen molar-refractivity contribution in [1.29, 1.82) is 0 Å². The molecule has 2 aromatic carbocycles. The lowest BCUT2D eigenvalue weighted by molar-refractivity contribution is 0.0763. The van der Waals surface area contributed by atoms with E-state index in [1.807, 2.05) is 44.2 Å². The van der Waals surface area contributed by atoms with Gasteiger partial charge in [0.15, 0.2) is 10.9 Å². The van der Waals surface area contributed by atoms with Crippen molar-refractivity contribution in [2.45, 2.75) is 80.9 Å². The molecule has 1 amide bonds. The Hall–Kier alpha value is -2.48. The average Bonchev–Trinajstić information content (AvgIpc) is 3.27. The molecule has 7 heteroatoms. The van der Waals surface area contributed by atoms with E-state index in [0.29, 0.717) is 23.5 Å². The number of carbonyl (C=O) groups is 2. The summed E-state index contributed by atoms with van der Waals surface area (Å²) in [4.78, 5) is 31.4. The van der Waals surface area contributed by atoms with Crippen LogP contribution in [0.4, 0.5) is 5.13 Å². The molecule has 0 unspecified atom stereocenters. The summed E-state index contributed by atoms with van der Waals surface area (Å²) < 4.78 is 0.944. The first kappa shape index (κ1) is 26.6. The molecule has 1 aromatic heterocycles. The zero-order valence-corrected chi connectivity index (χ0v) is 23.2. The minimum Gasteiger partial charge on any atom is -0.393 e. The van der Waals surface area contributed by atoms with Crippen LogP contribution in [-0.2, 0) is 5.41 Å². The van der Waals surface area contributed by atoms with Gasteiger partial charge >= 0.3 is 0 Å². The second kappa shape index (κ2) is 10.9. The average molecular weight is 523 g/mol. The number of carbonyl (C=O) groups excluding carboxylic acids is 2. The molecule has 3 aromatic rings. The molecule has 1 heterocycles. The summed E-state index contributed by atoms with van der Waals surface area (Å²) in [6.45, 7) is 10.5. The number of thiazole rings is 1. The highest BCUT2D eigenvalue weighted by atomic mass is 32.2. The van der Waals surface area contributed by atoms with Gasteiger partial charge < -0.3 is 5.11 Å². The Morgan fingerprint density at radius 1 is 1.03 bits per heavy atom. The molecule has 0 atom stereocenters. The number of hydrogen-bond donors (Lipinski definition) is 2. The highest BCUT2D eigenvalue weighted by molar-refractivity contribution is 8.01. The first-order valence-corrected chi connectivity index (χ1v) is 14.0. The SMILES string of the molecule is Cc1cc(C)c(C(=O)C2CCC(O)CC2)cc1Sc1cnc(NC(=O)c2ccc(C(C)(C)C)cc2)s1. The molecular weight excluding hydrogens is 488 g/mol. The Labute approximate surface area is 221 Å². The van der Waals surface area contributed by atoms with Gasteiger partial charge in [0.1, 0.15) is 0 Å². The van der Waals surface area contributed by atoms with Crippen molar-refractivity contribution in [3.63, 3.8) is 0 Å². The summed E-state index contributed by atoms with van der Waals surface area (Å²) in [7, 11) is 0. The third-order valence-electron chi connectivity index (χ3n) is 6.78. The van der Waals surface area contributed by atoms with Crippen LogP contribution in [0.15, 0.2) is 51.7 Å². The van der Waals surface area contributed by atoms with Crippen molar-refractivity contribution >= 4 is 39.9 Å². The molecule has 0 spiro atoms. The van der Waals surface area contributed by atoms with Crippen molar-refractivity contribution < 1.29 is 14.7 Å². The van der Waals surface area contributed by atoms with E-state index in [-0.39, 0.29) is 29.1 Å². The van der Waals surface area contributed by atoms with Crippen molar-refractivity contribution in [3.05, 3.63) is 70.4 Å². The van der Waals surface area contributed by atoms with E-state index in [4.69, 9.17) is 0 Å². The summed E-state index contributed by atoms with van der Waals surface area (Å²) in [5.41, 5.74) is 4.67. The molecule has 0 aliphatic heterocycles. The number of nitrogens with zero attached hydrogens (tertiary/aromatic N) is 1. The number of amides is 1. The molecule has 2 N–H and O–H groups in total. The van der Waals surface area contributed by atoms with Crippen LogP contribution >= 0.6 is 23.1 Å². The van der Waals surface area contributed by atoms with Gasteiger partial charge in [-0.15, -0.1) is 0 Å². The second-order valence-corrected chi connectivity index (χ2v) is 13.0. The van der Waals surface area contributed by atoms with Gasteiger partial charge in [-0.25, -0.2) is 4.98 Å². The van der Waals surface area contributed by atoms with Crippen LogP contribution in [-0.4, -0.2) is 27.9 Å². The van der Waals surface area contributed by atoms with Gasteiger partial charge in [0.05, 0.1) is 16.5 Å². The predicted molar refractivity (Wildman–Crippen MR) is 148 cm³/mol. The molecule has 0 bridgehead atoms. The molecule has 190 valence electrons. The molecule has 4 rings (SSSR count). The number of aromatic nitrogens is 1. The van der Waals surface area contributed by atoms with Crippen molar-refractivity contribution in [2.24, 2.45) is 5.92 Å². The number of anilines is 1. The summed E-state index contributed by atoms with van der Waals surface area (Å²) >= 11 is 2.98. The van der Waals surface area contributed by atoms with Gasteiger partial charge in [-0.05, 0) is 79.8 Å². The Morgan fingerprint density at radius 2 is 1.69 bits per heavy atom. The van der Waals surface area contributed by atoms with Crippen LogP contribution in [0.2, 0.25) is 0 Å². The fourth-order valence-electron chi connectivity index (χ4n) is 4.53. The Balaban J connectivity index is 1.45. The van der Waals surface area contributed by atoms with Gasteiger partial charge in [-0.2, -0.15) is 0 Å². The fourth-order valence-corrected chi connectivity index (χ4v) is 6.47. The number of aryl methyl sites for hydroxylation is 2. The zero-order chi connectivity index (χ0) is 26.0. The number of aliphatic hydroxyl groups is 1. The number of aliphatic hydroxyl groups excluding tert-OH is 1. The third-order valence-corrected chi connectivity index (χ3v) is 8.96. The van der Waals surface area contributed by atoms with Gasteiger partial charge in [0.2, 0.25) is 0 Å². The number of nitrogens with one attached hydrogen (secondary N) is 1. The third kappa shape index (κ3) is 6.25. The van der Waals surface area contributed by atoms with E-state index >= 15 is 0 Å². The number of benzene rings is 2. The lowest BCUT2D eigenvalue weighted by atomic mass is 9.81. The van der Waals surface area contributed by atoms with E-state index in [1.165, 1.54) is 16.9 Å². The first-order chi connectivity index (χ1) is 17.0. The highest BCUT2D eigenvalue weighted by Gasteiger charge is 2.27. The molecule has 1 aliphatic carbocycles. The van der Waals surface area contributed by atoms with Crippen molar-refractivity contribution in [1.82, 2.24) is 4.98 Å². The molecule has 0 saturated heterocycles. The van der Waals surface area contributed by atoms with Crippen LogP contribution in [0.3, 0.4) is 0 Å². The lowest BCUT2D eigenvalue weighted by Crippen LogP contribution is -2.24. The highest BCUT2D eigenvalue weighted by Crippen LogP contribution is 2.38. The molecule has 36 heavy (non-hydrogen) atoms. The van der Waals surface area contributed by atoms with Crippen LogP contribution in [0.25, 0.3) is 0 Å². The van der Waals surface area contributed by atoms with E-state index in [9.17, 15) is 14.7 Å². The first-order valence-electron chi connectivity index (χ1n) is 12.4. The molecule has 1 fully saturated rings. The molecular formula is C29H34N2O3S2. The van der Waals surface area contributed by atoms with Crippen molar-refractivity contribution in [3.8, 4) is 0 Å². The van der Waals surface area contributed by atoms with E-state index in [2.05, 4.69) is 37.1 Å². The maximum atomic E-state index is 13.2. The summed E-state index contributed by atoms with van der Waals surface area (Å²) in [5.74, 6) is -0.0234. The molecule has 0 radical (unpaired) electrons. The van der Waals surface area contributed by atoms with Crippen LogP contribution in [0.5, 0.6) is 0 Å². The van der Waals surface area contributed by atoms with E-state index in [0.717, 1.165) is 38.6 Å². The molecule has 1 aliphatic rings. The number of hydrogen-bond acceptors (Lipinski definition) is 6. The molecule has 5 nitrogen and oxygen atoms in total. The normalized spacial score (nSPS) is 18.2. The Morgan fingerprint density at radius 3 is 2.33 bits per heavy atom. The van der Waals surface area contributed by atoms with E-state index < -0.39 is 0 Å². The summed E-state index contributed by atoms with van der Waals surface area (Å²) in [6.07, 6.45) is 4.36. The monoisotopic (exact) mass is 522 g/mol. The van der Waals surface area contributed by atoms with Crippen LogP contribution < -0.4 is 5.32 Å². The van der Waals surface area contributed by atoms with Crippen LogP contribution in [0, 0.1) is 19.8 Å². The summed E-state index contributed by atoms with van der Waals surface area (Å²) in [6, 6.07) is 11.7. The van der Waals surface area contributed by atoms with Crippen LogP contribution in [0.1, 0.15) is 83.9 Å². The largest absolute Gasteiger partial charge is 0.393 e. The predicted octanol–water partition coefficient (Wildman–Crippen LogP) is 7.19. The smallest absolute Gasteiger partial charge is 0.257 e. The lowest BCUT2D eigenvalue weighted by Gasteiger charge is -2.25. The number of Topliss-reactive ketones (excluding diaryl/α,β-unsaturated/α-hetero) is 1. The van der Waals surface area contributed by atoms with Gasteiger partial charge in [0, 0.05) is 21.9 Å². The minimum absolute atomic E-state index is 0.0182. The van der Waals surface area contributed by atoms with Gasteiger partial charge in [-0.1, -0.05) is 62.1 Å². The fraction of sp³-hybridized carbons (Fsp3) is 0.414. The second-order valence-electron chi connectivity index (χ2n) is 10.7. The molecule has 1 saturated carbocycles. The summed E-state index contributed by atoms with van der Waals surface area (Å²) in [5, 5.41) is 13.2. The number of rotatable bonds is 6. The van der Waals surface area contributed by atoms with Gasteiger partial charge in [0.25, 0.3) is 5.91 Å². The minimum atomic E-state index is -0.275. The Bertz CT molecular complexity index is 1250. The van der Waals surface area contributed by atoms with E-state index in [1.54, 1.807) is 18.0 Å². The Kier molecular flexibility index (Phi) is 8.03.